The van der Waals surface area contributed by atoms with E-state index < -0.39 is 0 Å². The Morgan fingerprint density at radius 3 is 2.52 bits per heavy atom. The average molecular weight is 346 g/mol. The highest BCUT2D eigenvalue weighted by molar-refractivity contribution is 7.80. The van der Waals surface area contributed by atoms with Gasteiger partial charge in [-0.3, -0.25) is 9.59 Å². The molecule has 1 aliphatic rings. The number of amides is 2. The number of hydrogen-bond acceptors (Lipinski definition) is 4. The van der Waals surface area contributed by atoms with Crippen molar-refractivity contribution >= 4 is 35.8 Å². The third-order valence-electron chi connectivity index (χ3n) is 4.00. The molecule has 1 fully saturated rings. The number of hydrogen-bond donors (Lipinski definition) is 2. The van der Waals surface area contributed by atoms with Gasteiger partial charge in [-0.05, 0) is 36.4 Å². The van der Waals surface area contributed by atoms with Crippen LogP contribution in [0.2, 0.25) is 0 Å². The SMILES string of the molecule is O=C(NC1CCN(C(=O)c2cccs2)CC1)c1ccccc1S. The minimum absolute atomic E-state index is 0.0884. The summed E-state index contributed by atoms with van der Waals surface area (Å²) in [5, 5.41) is 4.96. The van der Waals surface area contributed by atoms with Gasteiger partial charge in [0.1, 0.15) is 0 Å². The molecule has 2 aromatic rings. The van der Waals surface area contributed by atoms with Crippen LogP contribution in [-0.2, 0) is 0 Å². The minimum atomic E-state index is -0.0985. The second kappa shape index (κ2) is 7.19. The molecule has 23 heavy (non-hydrogen) atoms. The predicted molar refractivity (Wildman–Crippen MR) is 94.4 cm³/mol. The molecule has 1 N–H and O–H groups in total. The summed E-state index contributed by atoms with van der Waals surface area (Å²) >= 11 is 5.78. The van der Waals surface area contributed by atoms with Crippen molar-refractivity contribution in [3.05, 3.63) is 52.2 Å². The maximum atomic E-state index is 12.3. The van der Waals surface area contributed by atoms with Gasteiger partial charge in [-0.15, -0.1) is 24.0 Å². The molecule has 3 rings (SSSR count). The van der Waals surface area contributed by atoms with Gasteiger partial charge in [0.05, 0.1) is 10.4 Å². The zero-order chi connectivity index (χ0) is 16.2. The van der Waals surface area contributed by atoms with Crippen molar-refractivity contribution in [2.24, 2.45) is 0 Å². The Balaban J connectivity index is 1.54. The van der Waals surface area contributed by atoms with Crippen LogP contribution in [0.15, 0.2) is 46.7 Å². The summed E-state index contributed by atoms with van der Waals surface area (Å²) in [5.41, 5.74) is 0.591. The predicted octanol–water partition coefficient (Wildman–Crippen LogP) is 3.07. The van der Waals surface area contributed by atoms with Crippen molar-refractivity contribution in [2.45, 2.75) is 23.8 Å². The summed E-state index contributed by atoms with van der Waals surface area (Å²) < 4.78 is 0. The van der Waals surface area contributed by atoms with Crippen molar-refractivity contribution in [2.75, 3.05) is 13.1 Å². The van der Waals surface area contributed by atoms with Gasteiger partial charge in [0.15, 0.2) is 0 Å². The molecule has 2 amide bonds. The Bertz CT molecular complexity index is 692. The summed E-state index contributed by atoms with van der Waals surface area (Å²) in [4.78, 5) is 27.9. The van der Waals surface area contributed by atoms with Gasteiger partial charge in [-0.1, -0.05) is 18.2 Å². The Kier molecular flexibility index (Phi) is 5.03. The lowest BCUT2D eigenvalue weighted by Crippen LogP contribution is -2.46. The number of carbonyl (C=O) groups is 2. The molecule has 1 aromatic heterocycles. The highest BCUT2D eigenvalue weighted by Crippen LogP contribution is 2.18. The molecule has 120 valence electrons. The third-order valence-corrected chi connectivity index (χ3v) is 5.25. The van der Waals surface area contributed by atoms with E-state index in [4.69, 9.17) is 0 Å². The van der Waals surface area contributed by atoms with Crippen molar-refractivity contribution in [3.63, 3.8) is 0 Å². The lowest BCUT2D eigenvalue weighted by Gasteiger charge is -2.32. The van der Waals surface area contributed by atoms with Crippen LogP contribution in [0.3, 0.4) is 0 Å². The molecule has 0 radical (unpaired) electrons. The summed E-state index contributed by atoms with van der Waals surface area (Å²) in [6.45, 7) is 1.34. The molecular formula is C17H18N2O2S2. The molecular weight excluding hydrogens is 328 g/mol. The summed E-state index contributed by atoms with van der Waals surface area (Å²) in [6.07, 6.45) is 1.55. The monoisotopic (exact) mass is 346 g/mol. The fourth-order valence-electron chi connectivity index (χ4n) is 2.71. The molecule has 0 saturated carbocycles. The van der Waals surface area contributed by atoms with Crippen molar-refractivity contribution in [1.82, 2.24) is 10.2 Å². The first-order valence-electron chi connectivity index (χ1n) is 7.57. The van der Waals surface area contributed by atoms with Crippen LogP contribution in [0.1, 0.15) is 32.9 Å². The maximum absolute atomic E-state index is 12.3. The molecule has 0 spiro atoms. The smallest absolute Gasteiger partial charge is 0.263 e. The van der Waals surface area contributed by atoms with Gasteiger partial charge >= 0.3 is 0 Å². The number of thiol groups is 1. The number of piperidine rings is 1. The molecule has 0 aliphatic carbocycles. The number of benzene rings is 1. The zero-order valence-electron chi connectivity index (χ0n) is 12.6. The third kappa shape index (κ3) is 3.76. The molecule has 1 aliphatic heterocycles. The fraction of sp³-hybridized carbons (Fsp3) is 0.294. The summed E-state index contributed by atoms with van der Waals surface area (Å²) in [5.74, 6) is -0.0101. The fourth-order valence-corrected chi connectivity index (χ4v) is 3.66. The van der Waals surface area contributed by atoms with Gasteiger partial charge in [0.2, 0.25) is 0 Å². The first-order valence-corrected chi connectivity index (χ1v) is 8.89. The van der Waals surface area contributed by atoms with Gasteiger partial charge in [-0.2, -0.15) is 0 Å². The molecule has 2 heterocycles. The zero-order valence-corrected chi connectivity index (χ0v) is 14.3. The highest BCUT2D eigenvalue weighted by Gasteiger charge is 2.25. The average Bonchev–Trinajstić information content (AvgIpc) is 3.09. The van der Waals surface area contributed by atoms with Crippen LogP contribution in [0.4, 0.5) is 0 Å². The van der Waals surface area contributed by atoms with E-state index in [0.717, 1.165) is 17.7 Å². The van der Waals surface area contributed by atoms with Gasteiger partial charge < -0.3 is 10.2 Å². The van der Waals surface area contributed by atoms with E-state index in [1.54, 1.807) is 12.1 Å². The second-order valence-electron chi connectivity index (χ2n) is 5.53. The lowest BCUT2D eigenvalue weighted by molar-refractivity contribution is 0.0702. The van der Waals surface area contributed by atoms with E-state index >= 15 is 0 Å². The van der Waals surface area contributed by atoms with E-state index in [1.165, 1.54) is 11.3 Å². The summed E-state index contributed by atoms with van der Waals surface area (Å²) in [6, 6.07) is 11.1. The Morgan fingerprint density at radius 1 is 1.13 bits per heavy atom. The first kappa shape index (κ1) is 16.1. The van der Waals surface area contributed by atoms with E-state index in [0.29, 0.717) is 23.5 Å². The topological polar surface area (TPSA) is 49.4 Å². The normalized spacial score (nSPS) is 15.4. The second-order valence-corrected chi connectivity index (χ2v) is 6.96. The van der Waals surface area contributed by atoms with Crippen LogP contribution in [0.5, 0.6) is 0 Å². The number of rotatable bonds is 3. The molecule has 0 atom stereocenters. The van der Waals surface area contributed by atoms with Gasteiger partial charge in [0, 0.05) is 24.0 Å². The van der Waals surface area contributed by atoms with Crippen LogP contribution in [-0.4, -0.2) is 35.8 Å². The van der Waals surface area contributed by atoms with Gasteiger partial charge in [-0.25, -0.2) is 0 Å². The molecule has 6 heteroatoms. The first-order chi connectivity index (χ1) is 11.1. The number of nitrogens with zero attached hydrogens (tertiary/aromatic N) is 1. The number of carbonyl (C=O) groups excluding carboxylic acids is 2. The highest BCUT2D eigenvalue weighted by atomic mass is 32.1. The lowest BCUT2D eigenvalue weighted by atomic mass is 10.0. The molecule has 0 unspecified atom stereocenters. The number of nitrogens with one attached hydrogen (secondary N) is 1. The largest absolute Gasteiger partial charge is 0.349 e. The van der Waals surface area contributed by atoms with Gasteiger partial charge in [0.25, 0.3) is 11.8 Å². The van der Waals surface area contributed by atoms with E-state index in [2.05, 4.69) is 17.9 Å². The summed E-state index contributed by atoms with van der Waals surface area (Å²) in [7, 11) is 0. The standard InChI is InChI=1S/C17H18N2O2S2/c20-16(13-4-1-2-5-14(13)22)18-12-7-9-19(10-8-12)17(21)15-6-3-11-23-15/h1-6,11-12,22H,7-10H2,(H,18,20). The number of thiophene rings is 1. The van der Waals surface area contributed by atoms with E-state index in [-0.39, 0.29) is 17.9 Å². The molecule has 1 aromatic carbocycles. The Morgan fingerprint density at radius 2 is 1.87 bits per heavy atom. The van der Waals surface area contributed by atoms with Crippen LogP contribution in [0.25, 0.3) is 0 Å². The Hall–Kier alpha value is -1.79. The Labute approximate surface area is 144 Å². The van der Waals surface area contributed by atoms with E-state index in [9.17, 15) is 9.59 Å². The maximum Gasteiger partial charge on any atom is 0.263 e. The van der Waals surface area contributed by atoms with E-state index in [1.807, 2.05) is 34.5 Å². The molecule has 1 saturated heterocycles. The molecule has 4 nitrogen and oxygen atoms in total. The number of likely N-dealkylation sites (tertiary alicyclic amines) is 1. The van der Waals surface area contributed by atoms with Crippen LogP contribution < -0.4 is 5.32 Å². The van der Waals surface area contributed by atoms with Crippen LogP contribution in [0, 0.1) is 0 Å². The van der Waals surface area contributed by atoms with Crippen molar-refractivity contribution < 1.29 is 9.59 Å². The minimum Gasteiger partial charge on any atom is -0.349 e. The van der Waals surface area contributed by atoms with Crippen LogP contribution >= 0.6 is 24.0 Å². The van der Waals surface area contributed by atoms with Crippen molar-refractivity contribution in [1.29, 1.82) is 0 Å². The quantitative estimate of drug-likeness (QED) is 0.839. The van der Waals surface area contributed by atoms with Crippen molar-refractivity contribution in [3.8, 4) is 0 Å². The molecule has 0 bridgehead atoms.